The molecule has 0 bridgehead atoms. The molecule has 5 heteroatoms. The van der Waals surface area contributed by atoms with Crippen molar-refractivity contribution in [3.63, 3.8) is 0 Å². The monoisotopic (exact) mass is 331 g/mol. The van der Waals surface area contributed by atoms with E-state index in [9.17, 15) is 9.59 Å². The van der Waals surface area contributed by atoms with Crippen LogP contribution in [0.4, 0.5) is 5.69 Å². The number of amides is 2. The summed E-state index contributed by atoms with van der Waals surface area (Å²) in [6.07, 6.45) is 1.67. The average molecular weight is 331 g/mol. The Hall–Kier alpha value is -1.88. The molecule has 2 rings (SSSR count). The number of benzene rings is 1. The minimum absolute atomic E-state index is 0.0156. The van der Waals surface area contributed by atoms with Crippen molar-refractivity contribution in [2.24, 2.45) is 5.92 Å². The second-order valence-electron chi connectivity index (χ2n) is 7.09. The van der Waals surface area contributed by atoms with Crippen LogP contribution < -0.4 is 10.6 Å². The maximum Gasteiger partial charge on any atom is 0.243 e. The van der Waals surface area contributed by atoms with E-state index >= 15 is 0 Å². The van der Waals surface area contributed by atoms with E-state index in [1.165, 1.54) is 5.56 Å². The summed E-state index contributed by atoms with van der Waals surface area (Å²) in [7, 11) is 1.71. The molecule has 1 fully saturated rings. The van der Waals surface area contributed by atoms with Crippen LogP contribution in [-0.4, -0.2) is 42.9 Å². The molecule has 1 saturated heterocycles. The standard InChI is InChI=1S/C19H29N3O2/c1-12-8-13(2)18(14(3)9-12)21-17(23)11-22(5)19(24)16-6-7-20-15(4)10-16/h8-9,15-16,20H,6-7,10-11H2,1-5H3,(H,21,23)/t15-,16-/m0/s1. The molecule has 1 aliphatic rings. The fourth-order valence-corrected chi connectivity index (χ4v) is 3.52. The van der Waals surface area contributed by atoms with Gasteiger partial charge in [-0.05, 0) is 58.2 Å². The van der Waals surface area contributed by atoms with Gasteiger partial charge in [-0.3, -0.25) is 9.59 Å². The predicted octanol–water partition coefficient (Wildman–Crippen LogP) is 2.40. The summed E-state index contributed by atoms with van der Waals surface area (Å²) in [6, 6.07) is 4.45. The molecule has 2 N–H and O–H groups in total. The van der Waals surface area contributed by atoms with Crippen molar-refractivity contribution in [3.8, 4) is 0 Å². The van der Waals surface area contributed by atoms with Crippen molar-refractivity contribution in [2.75, 3.05) is 25.5 Å². The van der Waals surface area contributed by atoms with E-state index in [0.717, 1.165) is 36.2 Å². The smallest absolute Gasteiger partial charge is 0.243 e. The van der Waals surface area contributed by atoms with Crippen LogP contribution in [0.25, 0.3) is 0 Å². The van der Waals surface area contributed by atoms with Gasteiger partial charge in [0.05, 0.1) is 6.54 Å². The second-order valence-corrected chi connectivity index (χ2v) is 7.09. The Morgan fingerprint density at radius 2 is 1.88 bits per heavy atom. The number of nitrogens with one attached hydrogen (secondary N) is 2. The molecular formula is C19H29N3O2. The van der Waals surface area contributed by atoms with Crippen LogP contribution in [0.15, 0.2) is 12.1 Å². The van der Waals surface area contributed by atoms with Crippen molar-refractivity contribution in [3.05, 3.63) is 28.8 Å². The molecule has 2 atom stereocenters. The number of hydrogen-bond acceptors (Lipinski definition) is 3. The molecule has 1 aliphatic heterocycles. The highest BCUT2D eigenvalue weighted by molar-refractivity contribution is 5.96. The van der Waals surface area contributed by atoms with Crippen LogP contribution in [0.3, 0.4) is 0 Å². The number of hydrogen-bond donors (Lipinski definition) is 2. The largest absolute Gasteiger partial charge is 0.336 e. The zero-order valence-corrected chi connectivity index (χ0v) is 15.4. The van der Waals surface area contributed by atoms with Crippen molar-refractivity contribution in [1.29, 1.82) is 0 Å². The third-order valence-corrected chi connectivity index (χ3v) is 4.67. The van der Waals surface area contributed by atoms with Crippen molar-refractivity contribution in [1.82, 2.24) is 10.2 Å². The van der Waals surface area contributed by atoms with E-state index < -0.39 is 0 Å². The first-order valence-electron chi connectivity index (χ1n) is 8.64. The topological polar surface area (TPSA) is 61.4 Å². The molecule has 0 radical (unpaired) electrons. The Kier molecular flexibility index (Phi) is 5.99. The number of rotatable bonds is 4. The van der Waals surface area contributed by atoms with Crippen molar-refractivity contribution < 1.29 is 9.59 Å². The molecule has 0 saturated carbocycles. The van der Waals surface area contributed by atoms with Crippen LogP contribution in [0.2, 0.25) is 0 Å². The fourth-order valence-electron chi connectivity index (χ4n) is 3.52. The Morgan fingerprint density at radius 3 is 2.46 bits per heavy atom. The highest BCUT2D eigenvalue weighted by atomic mass is 16.2. The van der Waals surface area contributed by atoms with Gasteiger partial charge in [-0.25, -0.2) is 0 Å². The maximum absolute atomic E-state index is 12.5. The molecule has 5 nitrogen and oxygen atoms in total. The SMILES string of the molecule is Cc1cc(C)c(NC(=O)CN(C)C(=O)[C@H]2CCN[C@@H](C)C2)c(C)c1. The Balaban J connectivity index is 1.95. The number of likely N-dealkylation sites (N-methyl/N-ethyl adjacent to an activating group) is 1. The van der Waals surface area contributed by atoms with Gasteiger partial charge in [0.25, 0.3) is 0 Å². The molecule has 0 aliphatic carbocycles. The molecule has 1 aromatic carbocycles. The Labute approximate surface area is 144 Å². The summed E-state index contributed by atoms with van der Waals surface area (Å²) >= 11 is 0. The van der Waals surface area contributed by atoms with Gasteiger partial charge in [0, 0.05) is 24.7 Å². The van der Waals surface area contributed by atoms with Gasteiger partial charge in [0.1, 0.15) is 0 Å². The maximum atomic E-state index is 12.5. The minimum atomic E-state index is -0.150. The second kappa shape index (κ2) is 7.79. The van der Waals surface area contributed by atoms with Crippen LogP contribution in [0, 0.1) is 26.7 Å². The van der Waals surface area contributed by atoms with Crippen LogP contribution >= 0.6 is 0 Å². The van der Waals surface area contributed by atoms with Crippen molar-refractivity contribution in [2.45, 2.75) is 46.6 Å². The number of anilines is 1. The quantitative estimate of drug-likeness (QED) is 0.890. The molecule has 1 heterocycles. The lowest BCUT2D eigenvalue weighted by Crippen LogP contribution is -2.44. The number of carbonyl (C=O) groups is 2. The van der Waals surface area contributed by atoms with Gasteiger partial charge in [-0.2, -0.15) is 0 Å². The normalized spacial score (nSPS) is 20.5. The summed E-state index contributed by atoms with van der Waals surface area (Å²) in [5, 5.41) is 6.30. The summed E-state index contributed by atoms with van der Waals surface area (Å²) in [6.45, 7) is 9.05. The van der Waals surface area contributed by atoms with Gasteiger partial charge in [0.2, 0.25) is 11.8 Å². The molecule has 2 amide bonds. The van der Waals surface area contributed by atoms with Crippen LogP contribution in [-0.2, 0) is 9.59 Å². The van der Waals surface area contributed by atoms with Crippen LogP contribution in [0.1, 0.15) is 36.5 Å². The first-order valence-corrected chi connectivity index (χ1v) is 8.64. The van der Waals surface area contributed by atoms with E-state index in [1.807, 2.05) is 32.9 Å². The lowest BCUT2D eigenvalue weighted by Gasteiger charge is -2.30. The van der Waals surface area contributed by atoms with Gasteiger partial charge < -0.3 is 15.5 Å². The lowest BCUT2D eigenvalue weighted by atomic mass is 9.92. The van der Waals surface area contributed by atoms with E-state index in [0.29, 0.717) is 6.04 Å². The summed E-state index contributed by atoms with van der Waals surface area (Å²) in [5.74, 6) is -0.0689. The summed E-state index contributed by atoms with van der Waals surface area (Å²) in [5.41, 5.74) is 4.11. The summed E-state index contributed by atoms with van der Waals surface area (Å²) in [4.78, 5) is 26.4. The van der Waals surface area contributed by atoms with E-state index in [-0.39, 0.29) is 24.3 Å². The third-order valence-electron chi connectivity index (χ3n) is 4.67. The Morgan fingerprint density at radius 1 is 1.25 bits per heavy atom. The molecule has 1 aromatic rings. The molecule has 0 unspecified atom stereocenters. The minimum Gasteiger partial charge on any atom is -0.336 e. The molecule has 132 valence electrons. The average Bonchev–Trinajstić information content (AvgIpc) is 2.50. The molecule has 24 heavy (non-hydrogen) atoms. The molecule has 0 spiro atoms. The fraction of sp³-hybridized carbons (Fsp3) is 0.579. The van der Waals surface area contributed by atoms with Gasteiger partial charge in [0.15, 0.2) is 0 Å². The van der Waals surface area contributed by atoms with Crippen molar-refractivity contribution >= 4 is 17.5 Å². The van der Waals surface area contributed by atoms with Gasteiger partial charge in [-0.15, -0.1) is 0 Å². The zero-order valence-electron chi connectivity index (χ0n) is 15.4. The van der Waals surface area contributed by atoms with E-state index in [2.05, 4.69) is 17.6 Å². The zero-order chi connectivity index (χ0) is 17.9. The van der Waals surface area contributed by atoms with Gasteiger partial charge in [-0.1, -0.05) is 17.7 Å². The lowest BCUT2D eigenvalue weighted by molar-refractivity contribution is -0.137. The molecular weight excluding hydrogens is 302 g/mol. The predicted molar refractivity (Wildman–Crippen MR) is 97.1 cm³/mol. The highest BCUT2D eigenvalue weighted by Gasteiger charge is 2.27. The van der Waals surface area contributed by atoms with Crippen LogP contribution in [0.5, 0.6) is 0 Å². The third kappa shape index (κ3) is 4.57. The molecule has 0 aromatic heterocycles. The number of aryl methyl sites for hydroxylation is 3. The highest BCUT2D eigenvalue weighted by Crippen LogP contribution is 2.22. The number of piperidine rings is 1. The first kappa shape index (κ1) is 18.5. The Bertz CT molecular complexity index is 604. The number of carbonyl (C=O) groups excluding carboxylic acids is 2. The number of nitrogens with zero attached hydrogens (tertiary/aromatic N) is 1. The van der Waals surface area contributed by atoms with E-state index in [1.54, 1.807) is 11.9 Å². The summed E-state index contributed by atoms with van der Waals surface area (Å²) < 4.78 is 0. The first-order chi connectivity index (χ1) is 11.3. The van der Waals surface area contributed by atoms with Gasteiger partial charge >= 0.3 is 0 Å². The van der Waals surface area contributed by atoms with E-state index in [4.69, 9.17) is 0 Å².